The lowest BCUT2D eigenvalue weighted by molar-refractivity contribution is 0.206. The Morgan fingerprint density at radius 2 is 2.09 bits per heavy atom. The van der Waals surface area contributed by atoms with E-state index in [1.807, 2.05) is 50.8 Å². The first-order chi connectivity index (χ1) is 11.0. The van der Waals surface area contributed by atoms with Gasteiger partial charge in [0.25, 0.3) is 0 Å². The fourth-order valence-corrected chi connectivity index (χ4v) is 3.35. The van der Waals surface area contributed by atoms with Crippen LogP contribution in [0.25, 0.3) is 0 Å². The predicted octanol–water partition coefficient (Wildman–Crippen LogP) is 4.28. The van der Waals surface area contributed by atoms with E-state index in [1.165, 1.54) is 5.56 Å². The van der Waals surface area contributed by atoms with Crippen molar-refractivity contribution < 1.29 is 9.32 Å². The normalized spacial score (nSPS) is 17.6. The molecule has 1 aliphatic rings. The van der Waals surface area contributed by atoms with E-state index in [9.17, 15) is 4.79 Å². The number of hydrogen-bond donors (Lipinski definition) is 1. The van der Waals surface area contributed by atoms with Crippen LogP contribution in [0.15, 0.2) is 22.7 Å². The highest BCUT2D eigenvalue weighted by atomic mass is 16.5. The molecule has 0 radical (unpaired) electrons. The third-order valence-corrected chi connectivity index (χ3v) is 4.78. The minimum atomic E-state index is -0.0544. The highest BCUT2D eigenvalue weighted by Gasteiger charge is 2.34. The molecule has 122 valence electrons. The van der Waals surface area contributed by atoms with Crippen LogP contribution in [-0.4, -0.2) is 22.6 Å². The van der Waals surface area contributed by atoms with E-state index in [0.717, 1.165) is 47.7 Å². The van der Waals surface area contributed by atoms with Crippen molar-refractivity contribution >= 4 is 11.7 Å². The second-order valence-electron chi connectivity index (χ2n) is 6.27. The topological polar surface area (TPSA) is 58.4 Å². The predicted molar refractivity (Wildman–Crippen MR) is 89.6 cm³/mol. The van der Waals surface area contributed by atoms with E-state index in [-0.39, 0.29) is 12.1 Å². The van der Waals surface area contributed by atoms with Gasteiger partial charge in [0.15, 0.2) is 0 Å². The Labute approximate surface area is 136 Å². The zero-order valence-corrected chi connectivity index (χ0v) is 14.1. The number of aryl methyl sites for hydroxylation is 3. The molecule has 5 heteroatoms. The van der Waals surface area contributed by atoms with E-state index in [1.54, 1.807) is 0 Å². The molecule has 1 saturated heterocycles. The van der Waals surface area contributed by atoms with E-state index in [4.69, 9.17) is 4.52 Å². The van der Waals surface area contributed by atoms with Crippen LogP contribution in [-0.2, 0) is 0 Å². The van der Waals surface area contributed by atoms with E-state index < -0.39 is 0 Å². The van der Waals surface area contributed by atoms with E-state index in [0.29, 0.717) is 0 Å². The van der Waals surface area contributed by atoms with Gasteiger partial charge in [0.2, 0.25) is 0 Å². The van der Waals surface area contributed by atoms with Crippen LogP contribution in [0.1, 0.15) is 47.0 Å². The highest BCUT2D eigenvalue weighted by molar-refractivity contribution is 5.90. The number of anilines is 1. The Morgan fingerprint density at radius 1 is 1.30 bits per heavy atom. The van der Waals surface area contributed by atoms with Gasteiger partial charge in [-0.3, -0.25) is 0 Å². The summed E-state index contributed by atoms with van der Waals surface area (Å²) in [7, 11) is 0. The first kappa shape index (κ1) is 15.6. The number of benzene rings is 1. The molecule has 1 aliphatic heterocycles. The molecule has 0 bridgehead atoms. The largest absolute Gasteiger partial charge is 0.361 e. The Balaban J connectivity index is 1.83. The van der Waals surface area contributed by atoms with Crippen LogP contribution in [0.2, 0.25) is 0 Å². The quantitative estimate of drug-likeness (QED) is 0.900. The molecule has 1 fully saturated rings. The molecule has 1 aromatic heterocycles. The van der Waals surface area contributed by atoms with Crippen molar-refractivity contribution in [1.29, 1.82) is 0 Å². The SMILES string of the molecule is Cc1cccc(NC(=O)N2CCC[C@@H]2c2c(C)noc2C)c1C. The smallest absolute Gasteiger partial charge is 0.322 e. The van der Waals surface area contributed by atoms with Crippen molar-refractivity contribution in [3.05, 3.63) is 46.3 Å². The van der Waals surface area contributed by atoms with Gasteiger partial charge in [0, 0.05) is 17.8 Å². The summed E-state index contributed by atoms with van der Waals surface area (Å²) in [5, 5.41) is 7.09. The summed E-state index contributed by atoms with van der Waals surface area (Å²) in [5.41, 5.74) is 5.08. The number of nitrogens with one attached hydrogen (secondary N) is 1. The minimum Gasteiger partial charge on any atom is -0.361 e. The van der Waals surface area contributed by atoms with Crippen LogP contribution in [0.3, 0.4) is 0 Å². The molecule has 0 saturated carbocycles. The Hall–Kier alpha value is -2.30. The number of rotatable bonds is 2. The third kappa shape index (κ3) is 2.83. The van der Waals surface area contributed by atoms with Gasteiger partial charge in [-0.05, 0) is 57.7 Å². The van der Waals surface area contributed by atoms with Crippen LogP contribution < -0.4 is 5.32 Å². The van der Waals surface area contributed by atoms with Gasteiger partial charge in [-0.25, -0.2) is 4.79 Å². The first-order valence-corrected chi connectivity index (χ1v) is 8.05. The lowest BCUT2D eigenvalue weighted by atomic mass is 10.0. The lowest BCUT2D eigenvalue weighted by Crippen LogP contribution is -2.35. The molecule has 0 spiro atoms. The number of hydrogen-bond acceptors (Lipinski definition) is 3. The molecule has 0 aliphatic carbocycles. The number of amides is 2. The Kier molecular flexibility index (Phi) is 4.11. The Morgan fingerprint density at radius 3 is 2.78 bits per heavy atom. The summed E-state index contributed by atoms with van der Waals surface area (Å²) in [6.07, 6.45) is 1.94. The molecule has 5 nitrogen and oxygen atoms in total. The maximum absolute atomic E-state index is 12.8. The van der Waals surface area contributed by atoms with Crippen molar-refractivity contribution in [2.45, 2.75) is 46.6 Å². The fraction of sp³-hybridized carbons (Fsp3) is 0.444. The molecule has 1 atom stereocenters. The van der Waals surface area contributed by atoms with E-state index >= 15 is 0 Å². The highest BCUT2D eigenvalue weighted by Crippen LogP contribution is 2.36. The second-order valence-corrected chi connectivity index (χ2v) is 6.27. The summed E-state index contributed by atoms with van der Waals surface area (Å²) in [5.74, 6) is 0.805. The average molecular weight is 313 g/mol. The molecule has 1 aromatic carbocycles. The number of nitrogens with zero attached hydrogens (tertiary/aromatic N) is 2. The van der Waals surface area contributed by atoms with Crippen molar-refractivity contribution in [2.75, 3.05) is 11.9 Å². The number of aromatic nitrogens is 1. The van der Waals surface area contributed by atoms with Crippen LogP contribution >= 0.6 is 0 Å². The molecule has 23 heavy (non-hydrogen) atoms. The average Bonchev–Trinajstić information content (AvgIpc) is 3.10. The first-order valence-electron chi connectivity index (χ1n) is 8.05. The number of carbonyl (C=O) groups excluding carboxylic acids is 1. The van der Waals surface area contributed by atoms with Gasteiger partial charge in [-0.1, -0.05) is 17.3 Å². The molecule has 2 amide bonds. The maximum atomic E-state index is 12.8. The van der Waals surface area contributed by atoms with Crippen molar-refractivity contribution in [2.24, 2.45) is 0 Å². The molecule has 0 unspecified atom stereocenters. The third-order valence-electron chi connectivity index (χ3n) is 4.78. The van der Waals surface area contributed by atoms with Gasteiger partial charge in [0.05, 0.1) is 11.7 Å². The lowest BCUT2D eigenvalue weighted by Gasteiger charge is -2.25. The van der Waals surface area contributed by atoms with Crippen molar-refractivity contribution in [1.82, 2.24) is 10.1 Å². The number of urea groups is 1. The van der Waals surface area contributed by atoms with Gasteiger partial charge in [-0.15, -0.1) is 0 Å². The summed E-state index contributed by atoms with van der Waals surface area (Å²) in [4.78, 5) is 14.7. The summed E-state index contributed by atoms with van der Waals surface area (Å²) in [6.45, 7) is 8.68. The van der Waals surface area contributed by atoms with Gasteiger partial charge in [0.1, 0.15) is 5.76 Å². The zero-order chi connectivity index (χ0) is 16.6. The van der Waals surface area contributed by atoms with Gasteiger partial charge in [-0.2, -0.15) is 0 Å². The molecular weight excluding hydrogens is 290 g/mol. The van der Waals surface area contributed by atoms with Gasteiger partial charge >= 0.3 is 6.03 Å². The monoisotopic (exact) mass is 313 g/mol. The summed E-state index contributed by atoms with van der Waals surface area (Å²) >= 11 is 0. The molecular formula is C18H23N3O2. The molecule has 2 heterocycles. The summed E-state index contributed by atoms with van der Waals surface area (Å²) in [6, 6.07) is 5.95. The van der Waals surface area contributed by atoms with Crippen LogP contribution in [0, 0.1) is 27.7 Å². The molecule has 2 aromatic rings. The second kappa shape index (κ2) is 6.07. The number of likely N-dealkylation sites (tertiary alicyclic amines) is 1. The minimum absolute atomic E-state index is 0.0476. The molecule has 3 rings (SSSR count). The van der Waals surface area contributed by atoms with E-state index in [2.05, 4.69) is 10.5 Å². The summed E-state index contributed by atoms with van der Waals surface area (Å²) < 4.78 is 5.28. The van der Waals surface area contributed by atoms with Crippen molar-refractivity contribution in [3.8, 4) is 0 Å². The number of carbonyl (C=O) groups is 1. The standard InChI is InChI=1S/C18H23N3O2/c1-11-7-5-8-15(12(11)2)19-18(22)21-10-6-9-16(21)17-13(3)20-23-14(17)4/h5,7-8,16H,6,9-10H2,1-4H3,(H,19,22)/t16-/m1/s1. The maximum Gasteiger partial charge on any atom is 0.322 e. The zero-order valence-electron chi connectivity index (χ0n) is 14.1. The van der Waals surface area contributed by atoms with Crippen molar-refractivity contribution in [3.63, 3.8) is 0 Å². The molecule has 1 N–H and O–H groups in total. The fourth-order valence-electron chi connectivity index (χ4n) is 3.35. The Bertz CT molecular complexity index is 716. The van der Waals surface area contributed by atoms with Crippen LogP contribution in [0.5, 0.6) is 0 Å². The van der Waals surface area contributed by atoms with Gasteiger partial charge < -0.3 is 14.7 Å². The van der Waals surface area contributed by atoms with Crippen LogP contribution in [0.4, 0.5) is 10.5 Å².